The lowest BCUT2D eigenvalue weighted by Crippen LogP contribution is -2.39. The van der Waals surface area contributed by atoms with Crippen LogP contribution >= 0.6 is 11.8 Å². The van der Waals surface area contributed by atoms with Crippen molar-refractivity contribution in [1.29, 1.82) is 0 Å². The molecule has 0 radical (unpaired) electrons. The van der Waals surface area contributed by atoms with Gasteiger partial charge in [0.05, 0.1) is 17.4 Å². The van der Waals surface area contributed by atoms with Crippen LogP contribution in [0.5, 0.6) is 0 Å². The van der Waals surface area contributed by atoms with Crippen molar-refractivity contribution < 1.29 is 14.7 Å². The third-order valence-corrected chi connectivity index (χ3v) is 3.44. The van der Waals surface area contributed by atoms with Gasteiger partial charge in [0.15, 0.2) is 0 Å². The molecule has 0 bridgehead atoms. The number of carboxylic acids is 1. The van der Waals surface area contributed by atoms with E-state index in [-0.39, 0.29) is 17.6 Å². The number of carbonyl (C=O) groups excluding carboxylic acids is 1. The van der Waals surface area contributed by atoms with Crippen molar-refractivity contribution in [2.45, 2.75) is 13.0 Å². The van der Waals surface area contributed by atoms with E-state index in [4.69, 9.17) is 5.11 Å². The highest BCUT2D eigenvalue weighted by Crippen LogP contribution is 2.11. The molecule has 6 nitrogen and oxygen atoms in total. The minimum atomic E-state index is -1.08. The topological polar surface area (TPSA) is 82.5 Å². The molecule has 0 spiro atoms. The van der Waals surface area contributed by atoms with Crippen LogP contribution in [0.1, 0.15) is 17.3 Å². The predicted octanol–water partition coefficient (Wildman–Crippen LogP) is 1.99. The lowest BCUT2D eigenvalue weighted by atomic mass is 10.2. The van der Waals surface area contributed by atoms with Crippen molar-refractivity contribution in [3.63, 3.8) is 0 Å². The molecule has 0 aromatic carbocycles. The van der Waals surface area contributed by atoms with Gasteiger partial charge in [-0.15, -0.1) is 0 Å². The summed E-state index contributed by atoms with van der Waals surface area (Å²) in [6, 6.07) is 1.18. The van der Waals surface area contributed by atoms with Gasteiger partial charge in [0.1, 0.15) is 0 Å². The second-order valence-electron chi connectivity index (χ2n) is 4.11. The number of carboxylic acid groups (broad SMARTS) is 1. The maximum absolute atomic E-state index is 11.9. The number of pyridine rings is 1. The van der Waals surface area contributed by atoms with Crippen LogP contribution in [0.4, 0.5) is 10.5 Å². The van der Waals surface area contributed by atoms with E-state index in [0.717, 1.165) is 5.75 Å². The van der Waals surface area contributed by atoms with E-state index in [0.29, 0.717) is 5.69 Å². The number of nitrogens with zero attached hydrogens (tertiary/aromatic N) is 2. The zero-order valence-corrected chi connectivity index (χ0v) is 11.9. The van der Waals surface area contributed by atoms with Crippen molar-refractivity contribution in [3.05, 3.63) is 24.0 Å². The third-order valence-electron chi connectivity index (χ3n) is 2.63. The van der Waals surface area contributed by atoms with Crippen molar-refractivity contribution in [2.75, 3.05) is 24.4 Å². The number of urea groups is 1. The summed E-state index contributed by atoms with van der Waals surface area (Å²) >= 11 is 1.66. The smallest absolute Gasteiger partial charge is 0.337 e. The molecule has 0 aliphatic rings. The first-order valence-corrected chi connectivity index (χ1v) is 7.06. The molecule has 1 unspecified atom stereocenters. The number of aromatic nitrogens is 1. The van der Waals surface area contributed by atoms with Gasteiger partial charge in [0, 0.05) is 25.0 Å². The number of carbonyl (C=O) groups is 2. The summed E-state index contributed by atoms with van der Waals surface area (Å²) in [5.41, 5.74) is 0.408. The summed E-state index contributed by atoms with van der Waals surface area (Å²) in [5.74, 6) is -0.246. The van der Waals surface area contributed by atoms with Crippen molar-refractivity contribution in [3.8, 4) is 0 Å². The number of nitrogens with one attached hydrogen (secondary N) is 1. The Hall–Kier alpha value is -1.76. The van der Waals surface area contributed by atoms with E-state index in [1.807, 2.05) is 13.2 Å². The Morgan fingerprint density at radius 1 is 1.53 bits per heavy atom. The number of amides is 2. The van der Waals surface area contributed by atoms with Crippen LogP contribution in [0.3, 0.4) is 0 Å². The largest absolute Gasteiger partial charge is 0.478 e. The highest BCUT2D eigenvalue weighted by atomic mass is 32.2. The quantitative estimate of drug-likeness (QED) is 0.863. The van der Waals surface area contributed by atoms with Gasteiger partial charge < -0.3 is 15.3 Å². The zero-order valence-electron chi connectivity index (χ0n) is 11.1. The number of anilines is 1. The molecule has 0 aliphatic heterocycles. The maximum atomic E-state index is 11.9. The molecule has 7 heteroatoms. The van der Waals surface area contributed by atoms with Crippen molar-refractivity contribution in [1.82, 2.24) is 9.88 Å². The summed E-state index contributed by atoms with van der Waals surface area (Å²) in [5, 5.41) is 11.5. The molecule has 0 saturated heterocycles. The van der Waals surface area contributed by atoms with Gasteiger partial charge in [0.2, 0.25) is 0 Å². The third kappa shape index (κ3) is 4.44. The number of rotatable bonds is 5. The van der Waals surface area contributed by atoms with Crippen LogP contribution in [-0.2, 0) is 0 Å². The molecule has 19 heavy (non-hydrogen) atoms. The van der Waals surface area contributed by atoms with Crippen LogP contribution in [-0.4, -0.2) is 52.1 Å². The van der Waals surface area contributed by atoms with E-state index >= 15 is 0 Å². The molecule has 2 amide bonds. The van der Waals surface area contributed by atoms with E-state index in [2.05, 4.69) is 10.3 Å². The van der Waals surface area contributed by atoms with Crippen LogP contribution in [0.25, 0.3) is 0 Å². The minimum absolute atomic E-state index is 0.0395. The Bertz CT molecular complexity index is 467. The van der Waals surface area contributed by atoms with Gasteiger partial charge in [-0.2, -0.15) is 11.8 Å². The van der Waals surface area contributed by atoms with E-state index in [1.54, 1.807) is 23.7 Å². The first-order valence-electron chi connectivity index (χ1n) is 5.66. The predicted molar refractivity (Wildman–Crippen MR) is 75.8 cm³/mol. The van der Waals surface area contributed by atoms with E-state index < -0.39 is 5.97 Å². The molecule has 0 aliphatic carbocycles. The summed E-state index contributed by atoms with van der Waals surface area (Å²) in [7, 11) is 1.70. The van der Waals surface area contributed by atoms with Gasteiger partial charge >= 0.3 is 12.0 Å². The Balaban J connectivity index is 2.71. The summed E-state index contributed by atoms with van der Waals surface area (Å²) < 4.78 is 0. The molecule has 1 rings (SSSR count). The molecule has 0 fully saturated rings. The van der Waals surface area contributed by atoms with Gasteiger partial charge in [-0.1, -0.05) is 0 Å². The fourth-order valence-electron chi connectivity index (χ4n) is 1.39. The molecule has 104 valence electrons. The monoisotopic (exact) mass is 283 g/mol. The Morgan fingerprint density at radius 3 is 2.79 bits per heavy atom. The molecule has 1 atom stereocenters. The van der Waals surface area contributed by atoms with Gasteiger partial charge in [0.25, 0.3) is 0 Å². The SMILES string of the molecule is CSCC(C)N(C)C(=O)Nc1cncc(C(=O)O)c1. The number of hydrogen-bond donors (Lipinski definition) is 2. The second-order valence-corrected chi connectivity index (χ2v) is 5.02. The number of aromatic carboxylic acids is 1. The van der Waals surface area contributed by atoms with Gasteiger partial charge in [-0.3, -0.25) is 4.98 Å². The Labute approximate surface area is 116 Å². The van der Waals surface area contributed by atoms with Crippen LogP contribution in [0, 0.1) is 0 Å². The molecule has 0 saturated carbocycles. The van der Waals surface area contributed by atoms with Crippen molar-refractivity contribution in [2.24, 2.45) is 0 Å². The summed E-state index contributed by atoms with van der Waals surface area (Å²) in [6.45, 7) is 1.95. The van der Waals surface area contributed by atoms with Crippen LogP contribution in [0.15, 0.2) is 18.5 Å². The minimum Gasteiger partial charge on any atom is -0.478 e. The number of thioether (sulfide) groups is 1. The molecule has 1 aromatic rings. The van der Waals surface area contributed by atoms with Gasteiger partial charge in [-0.25, -0.2) is 9.59 Å². The summed E-state index contributed by atoms with van der Waals surface area (Å²) in [4.78, 5) is 28.1. The molecule has 1 heterocycles. The fourth-order valence-corrected chi connectivity index (χ4v) is 2.10. The van der Waals surface area contributed by atoms with E-state index in [9.17, 15) is 9.59 Å². The lowest BCUT2D eigenvalue weighted by molar-refractivity contribution is 0.0696. The normalized spacial score (nSPS) is 11.7. The van der Waals surface area contributed by atoms with Gasteiger partial charge in [-0.05, 0) is 19.2 Å². The lowest BCUT2D eigenvalue weighted by Gasteiger charge is -2.24. The van der Waals surface area contributed by atoms with Crippen LogP contribution < -0.4 is 5.32 Å². The highest BCUT2D eigenvalue weighted by molar-refractivity contribution is 7.98. The number of hydrogen-bond acceptors (Lipinski definition) is 4. The fraction of sp³-hybridized carbons (Fsp3) is 0.417. The molecular weight excluding hydrogens is 266 g/mol. The van der Waals surface area contributed by atoms with E-state index in [1.165, 1.54) is 18.5 Å². The molecular formula is C12H17N3O3S. The zero-order chi connectivity index (χ0) is 14.4. The molecule has 1 aromatic heterocycles. The molecule has 2 N–H and O–H groups in total. The van der Waals surface area contributed by atoms with Crippen LogP contribution in [0.2, 0.25) is 0 Å². The average Bonchev–Trinajstić information content (AvgIpc) is 2.38. The Kier molecular flexibility index (Phi) is 5.62. The standard InChI is InChI=1S/C12H17N3O3S/c1-8(7-19-3)15(2)12(18)14-10-4-9(11(16)17)5-13-6-10/h4-6,8H,7H2,1-3H3,(H,14,18)(H,16,17). The second kappa shape index (κ2) is 6.98. The average molecular weight is 283 g/mol. The Morgan fingerprint density at radius 2 is 2.21 bits per heavy atom. The first-order chi connectivity index (χ1) is 8.95. The maximum Gasteiger partial charge on any atom is 0.337 e. The van der Waals surface area contributed by atoms with Crippen molar-refractivity contribution >= 4 is 29.4 Å². The first kappa shape index (κ1) is 15.3. The highest BCUT2D eigenvalue weighted by Gasteiger charge is 2.15. The summed E-state index contributed by atoms with van der Waals surface area (Å²) in [6.07, 6.45) is 4.62.